The minimum atomic E-state index is -1.16. The molecule has 0 saturated heterocycles. The van der Waals surface area contributed by atoms with Gasteiger partial charge in [-0.25, -0.2) is 19.2 Å². The second-order valence-electron chi connectivity index (χ2n) is 7.85. The zero-order valence-corrected chi connectivity index (χ0v) is 23.8. The van der Waals surface area contributed by atoms with Crippen molar-refractivity contribution in [3.05, 3.63) is 24.3 Å². The molecule has 0 atom stereocenters. The van der Waals surface area contributed by atoms with Crippen LogP contribution < -0.4 is 0 Å². The number of carbonyl (C=O) groups is 4. The van der Waals surface area contributed by atoms with Gasteiger partial charge in [0.15, 0.2) is 0 Å². The Balaban J connectivity index is -0.000000414. The van der Waals surface area contributed by atoms with Crippen LogP contribution in [0.25, 0.3) is 0 Å². The van der Waals surface area contributed by atoms with Crippen LogP contribution in [0.4, 0.5) is 0 Å². The Morgan fingerprint density at radius 2 is 1.03 bits per heavy atom. The van der Waals surface area contributed by atoms with Crippen LogP contribution in [0.1, 0.15) is 67.2 Å². The Morgan fingerprint density at radius 3 is 1.27 bits per heavy atom. The van der Waals surface area contributed by atoms with Crippen LogP contribution >= 0.6 is 0 Å². The number of esters is 2. The number of carboxylic acid groups (broad SMARTS) is 2. The molecule has 0 aromatic carbocycles. The van der Waals surface area contributed by atoms with Crippen LogP contribution in [-0.2, 0) is 28.7 Å². The summed E-state index contributed by atoms with van der Waals surface area (Å²) in [5.41, 5.74) is 0. The molecule has 0 aliphatic rings. The Labute approximate surface area is 209 Å². The van der Waals surface area contributed by atoms with Gasteiger partial charge in [0, 0.05) is 24.3 Å². The summed E-state index contributed by atoms with van der Waals surface area (Å²) in [4.78, 5) is 41.3. The summed E-state index contributed by atoms with van der Waals surface area (Å²) in [6, 6.07) is 0. The first-order chi connectivity index (χ1) is 15.5. The summed E-state index contributed by atoms with van der Waals surface area (Å²) in [7, 11) is 0. The topological polar surface area (TPSA) is 127 Å². The first kappa shape index (κ1) is 35.7. The Morgan fingerprint density at radius 1 is 0.697 bits per heavy atom. The van der Waals surface area contributed by atoms with Crippen LogP contribution in [0.15, 0.2) is 24.3 Å². The quantitative estimate of drug-likeness (QED) is 0.131. The molecule has 0 spiro atoms. The van der Waals surface area contributed by atoms with Crippen LogP contribution in [0.5, 0.6) is 0 Å². The number of hydrogen-bond donors (Lipinski definition) is 2. The van der Waals surface area contributed by atoms with E-state index in [2.05, 4.69) is 23.3 Å². The normalized spacial score (nSPS) is 10.4. The molecule has 0 bridgehead atoms. The van der Waals surface area contributed by atoms with Gasteiger partial charge in [0.2, 0.25) is 0 Å². The van der Waals surface area contributed by atoms with Crippen molar-refractivity contribution >= 4 is 45.0 Å². The molecule has 190 valence electrons. The summed E-state index contributed by atoms with van der Waals surface area (Å²) in [5, 5.41) is 16.3. The molecule has 0 unspecified atom stereocenters. The maximum atomic E-state index is 10.7. The molecule has 8 nitrogen and oxygen atoms in total. The molecule has 0 amide bonds. The predicted molar refractivity (Wildman–Crippen MR) is 130 cm³/mol. The Kier molecular flexibility index (Phi) is 28.6. The summed E-state index contributed by atoms with van der Waals surface area (Å²) >= 11 is 0.149. The Hall–Kier alpha value is -1.84. The second-order valence-corrected chi connectivity index (χ2v) is 12.1. The Bertz CT molecular complexity index is 533. The van der Waals surface area contributed by atoms with Crippen molar-refractivity contribution in [2.45, 2.75) is 76.1 Å². The molecule has 0 fully saturated rings. The van der Waals surface area contributed by atoms with E-state index in [9.17, 15) is 19.2 Å². The summed E-state index contributed by atoms with van der Waals surface area (Å²) in [5.74, 6) is -3.04. The van der Waals surface area contributed by atoms with E-state index in [-0.39, 0.29) is 33.0 Å². The molecule has 0 aromatic rings. The van der Waals surface area contributed by atoms with Gasteiger partial charge in [0.1, 0.15) is 0 Å². The molecule has 0 aliphatic heterocycles. The van der Waals surface area contributed by atoms with E-state index in [0.29, 0.717) is 13.2 Å². The average molecular weight is 577 g/mol. The average Bonchev–Trinajstić information content (AvgIpc) is 2.74. The monoisotopic (exact) mass is 578 g/mol. The van der Waals surface area contributed by atoms with Crippen LogP contribution in [-0.4, -0.2) is 68.4 Å². The van der Waals surface area contributed by atoms with E-state index in [1.165, 1.54) is 25.7 Å². The fraction of sp³-hybridized carbons (Fsp3) is 0.667. The van der Waals surface area contributed by atoms with E-state index in [4.69, 9.17) is 10.2 Å². The SMILES string of the molecule is CC(C)COC(=O)/C=C\C(=O)O.CC(C)COC(=O)/C=C\C(=O)O.CCC[CH2][Sn][CH2]CCC. The van der Waals surface area contributed by atoms with Crippen molar-refractivity contribution in [2.75, 3.05) is 13.2 Å². The van der Waals surface area contributed by atoms with Gasteiger partial charge in [-0.1, -0.05) is 27.7 Å². The van der Waals surface area contributed by atoms with E-state index in [0.717, 1.165) is 24.3 Å². The summed E-state index contributed by atoms with van der Waals surface area (Å²) < 4.78 is 12.6. The van der Waals surface area contributed by atoms with Gasteiger partial charge < -0.3 is 19.7 Å². The standard InChI is InChI=1S/2C8H12O4.2C4H9.Sn/c2*1-6(2)5-12-8(11)4-3-7(9)10;2*1-3-4-2;/h2*3-4,6H,5H2,1-2H3,(H,9,10);2*1,3-4H2,2H3;/b2*4-3-;;;. The molecule has 0 aliphatic carbocycles. The van der Waals surface area contributed by atoms with Crippen LogP contribution in [0, 0.1) is 11.8 Å². The molecule has 0 rings (SSSR count). The molecule has 0 aromatic heterocycles. The van der Waals surface area contributed by atoms with E-state index in [1.54, 1.807) is 8.87 Å². The fourth-order valence-corrected chi connectivity index (χ4v) is 5.76. The van der Waals surface area contributed by atoms with E-state index < -0.39 is 23.9 Å². The van der Waals surface area contributed by atoms with Gasteiger partial charge in [-0.3, -0.25) is 0 Å². The number of ether oxygens (including phenoxy) is 2. The molecule has 33 heavy (non-hydrogen) atoms. The molecule has 9 heteroatoms. The molecule has 2 N–H and O–H groups in total. The number of unbranched alkanes of at least 4 members (excludes halogenated alkanes) is 2. The molecular formula is C24H42O8Sn. The zero-order chi connectivity index (χ0) is 26.1. The van der Waals surface area contributed by atoms with Gasteiger partial charge in [-0.05, 0) is 11.8 Å². The van der Waals surface area contributed by atoms with Crippen molar-refractivity contribution in [2.24, 2.45) is 11.8 Å². The molecule has 2 radical (unpaired) electrons. The number of aliphatic carboxylic acids is 2. The predicted octanol–water partition coefficient (Wildman–Crippen LogP) is 4.78. The van der Waals surface area contributed by atoms with Gasteiger partial charge in [0.05, 0.1) is 13.2 Å². The van der Waals surface area contributed by atoms with Crippen molar-refractivity contribution in [3.8, 4) is 0 Å². The van der Waals surface area contributed by atoms with Gasteiger partial charge in [-0.2, -0.15) is 0 Å². The van der Waals surface area contributed by atoms with Crippen molar-refractivity contribution < 1.29 is 38.9 Å². The first-order valence-electron chi connectivity index (χ1n) is 11.3. The fourth-order valence-electron chi connectivity index (χ4n) is 1.60. The third-order valence-electron chi connectivity index (χ3n) is 3.26. The zero-order valence-electron chi connectivity index (χ0n) is 21.0. The van der Waals surface area contributed by atoms with Gasteiger partial charge >= 0.3 is 93.4 Å². The molecular weight excluding hydrogens is 535 g/mol. The van der Waals surface area contributed by atoms with E-state index >= 15 is 0 Å². The van der Waals surface area contributed by atoms with Crippen molar-refractivity contribution in [1.82, 2.24) is 0 Å². The summed E-state index contributed by atoms with van der Waals surface area (Å²) in [6.07, 6.45) is 9.13. The van der Waals surface area contributed by atoms with Crippen molar-refractivity contribution in [3.63, 3.8) is 0 Å². The third-order valence-corrected chi connectivity index (χ3v) is 7.29. The van der Waals surface area contributed by atoms with Crippen LogP contribution in [0.3, 0.4) is 0 Å². The van der Waals surface area contributed by atoms with Crippen molar-refractivity contribution in [1.29, 1.82) is 0 Å². The van der Waals surface area contributed by atoms with E-state index in [1.807, 2.05) is 27.7 Å². The number of carbonyl (C=O) groups excluding carboxylic acids is 2. The number of carboxylic acids is 2. The third kappa shape index (κ3) is 41.0. The van der Waals surface area contributed by atoms with Crippen LogP contribution in [0.2, 0.25) is 8.87 Å². The maximum absolute atomic E-state index is 10.7. The number of hydrogen-bond acceptors (Lipinski definition) is 6. The second kappa shape index (κ2) is 26.4. The minimum absolute atomic E-state index is 0.149. The molecule has 0 saturated carbocycles. The number of rotatable bonds is 14. The van der Waals surface area contributed by atoms with Gasteiger partial charge in [0.25, 0.3) is 0 Å². The molecule has 0 heterocycles. The van der Waals surface area contributed by atoms with Gasteiger partial charge in [-0.15, -0.1) is 0 Å². The summed E-state index contributed by atoms with van der Waals surface area (Å²) in [6.45, 7) is 12.8. The first-order valence-corrected chi connectivity index (χ1v) is 15.4.